The van der Waals surface area contributed by atoms with Crippen LogP contribution in [0.1, 0.15) is 70.8 Å². The van der Waals surface area contributed by atoms with Gasteiger partial charge >= 0.3 is 0 Å². The molecule has 0 fully saturated rings. The third kappa shape index (κ3) is 6.27. The van der Waals surface area contributed by atoms with E-state index in [1.807, 2.05) is 0 Å². The van der Waals surface area contributed by atoms with Crippen LogP contribution in [0.25, 0.3) is 0 Å². The van der Waals surface area contributed by atoms with Crippen molar-refractivity contribution in [3.63, 3.8) is 0 Å². The van der Waals surface area contributed by atoms with Crippen molar-refractivity contribution in [1.29, 1.82) is 0 Å². The predicted octanol–water partition coefficient (Wildman–Crippen LogP) is 6.11. The van der Waals surface area contributed by atoms with Gasteiger partial charge in [-0.2, -0.15) is 0 Å². The molecule has 0 N–H and O–H groups in total. The number of hydrogen-bond donors (Lipinski definition) is 0. The van der Waals surface area contributed by atoms with E-state index in [0.717, 1.165) is 31.6 Å². The molecule has 1 unspecified atom stereocenters. The summed E-state index contributed by atoms with van der Waals surface area (Å²) in [4.78, 5) is 0. The second-order valence-corrected chi connectivity index (χ2v) is 5.35. The number of ether oxygens (including phenoxy) is 1. The normalized spacial score (nSPS) is 12.8. The molecule has 1 nitrogen and oxygen atoms in total. The molecular formula is C19H30O. The highest BCUT2D eigenvalue weighted by atomic mass is 16.5. The molecule has 20 heavy (non-hydrogen) atoms. The Balaban J connectivity index is 2.48. The van der Waals surface area contributed by atoms with Crippen molar-refractivity contribution < 1.29 is 4.74 Å². The average molecular weight is 274 g/mol. The first-order chi connectivity index (χ1) is 9.81. The predicted molar refractivity (Wildman–Crippen MR) is 88.5 cm³/mol. The maximum atomic E-state index is 5.76. The maximum absolute atomic E-state index is 5.76. The van der Waals surface area contributed by atoms with Gasteiger partial charge in [-0.3, -0.25) is 0 Å². The molecule has 0 amide bonds. The standard InChI is InChI=1S/C19H30O/c1-4-7-9-11-17(6-3)18-12-14-19(15-13-18)20-16-10-8-5-2/h7,9,12-15,17H,4-6,8,10-11,16H2,1-3H3/b9-7-. The number of allylic oxidation sites excluding steroid dienone is 2. The van der Waals surface area contributed by atoms with Gasteiger partial charge in [-0.15, -0.1) is 0 Å². The molecule has 1 aromatic carbocycles. The highest BCUT2D eigenvalue weighted by molar-refractivity contribution is 5.29. The van der Waals surface area contributed by atoms with E-state index >= 15 is 0 Å². The number of rotatable bonds is 10. The summed E-state index contributed by atoms with van der Waals surface area (Å²) in [5.74, 6) is 1.63. The fraction of sp³-hybridized carbons (Fsp3) is 0.579. The van der Waals surface area contributed by atoms with Gasteiger partial charge in [0.2, 0.25) is 0 Å². The van der Waals surface area contributed by atoms with Gasteiger partial charge in [-0.1, -0.05) is 57.9 Å². The SMILES string of the molecule is CC/C=C\CC(CC)c1ccc(OCCCCC)cc1. The summed E-state index contributed by atoms with van der Waals surface area (Å²) < 4.78 is 5.76. The summed E-state index contributed by atoms with van der Waals surface area (Å²) in [5, 5.41) is 0. The lowest BCUT2D eigenvalue weighted by Gasteiger charge is -2.14. The molecule has 0 saturated heterocycles. The molecule has 0 aromatic heterocycles. The molecule has 0 aliphatic carbocycles. The quantitative estimate of drug-likeness (QED) is 0.369. The minimum atomic E-state index is 0.631. The van der Waals surface area contributed by atoms with Crippen molar-refractivity contribution in [2.45, 2.75) is 65.2 Å². The summed E-state index contributed by atoms with van der Waals surface area (Å²) in [6.45, 7) is 7.50. The first-order valence-electron chi connectivity index (χ1n) is 8.19. The Hall–Kier alpha value is -1.24. The molecule has 0 radical (unpaired) electrons. The third-order valence-electron chi connectivity index (χ3n) is 3.68. The van der Waals surface area contributed by atoms with Crippen molar-refractivity contribution in [2.24, 2.45) is 0 Å². The van der Waals surface area contributed by atoms with Crippen LogP contribution in [0.2, 0.25) is 0 Å². The van der Waals surface area contributed by atoms with Crippen molar-refractivity contribution in [1.82, 2.24) is 0 Å². The minimum absolute atomic E-state index is 0.631. The van der Waals surface area contributed by atoms with E-state index in [9.17, 15) is 0 Å². The third-order valence-corrected chi connectivity index (χ3v) is 3.68. The van der Waals surface area contributed by atoms with Gasteiger partial charge < -0.3 is 4.74 Å². The van der Waals surface area contributed by atoms with Crippen LogP contribution in [0, 0.1) is 0 Å². The van der Waals surface area contributed by atoms with Crippen LogP contribution in [0.4, 0.5) is 0 Å². The molecular weight excluding hydrogens is 244 g/mol. The van der Waals surface area contributed by atoms with Crippen molar-refractivity contribution in [2.75, 3.05) is 6.61 Å². The zero-order valence-corrected chi connectivity index (χ0v) is 13.4. The van der Waals surface area contributed by atoms with Gasteiger partial charge in [0.1, 0.15) is 5.75 Å². The summed E-state index contributed by atoms with van der Waals surface area (Å²) >= 11 is 0. The van der Waals surface area contributed by atoms with Gasteiger partial charge in [0.25, 0.3) is 0 Å². The average Bonchev–Trinajstić information content (AvgIpc) is 2.49. The van der Waals surface area contributed by atoms with Crippen LogP contribution in [-0.2, 0) is 0 Å². The van der Waals surface area contributed by atoms with Crippen LogP contribution in [0.3, 0.4) is 0 Å². The van der Waals surface area contributed by atoms with Gasteiger partial charge in [-0.05, 0) is 49.3 Å². The Morgan fingerprint density at radius 3 is 2.35 bits per heavy atom. The Morgan fingerprint density at radius 1 is 1.00 bits per heavy atom. The molecule has 112 valence electrons. The lowest BCUT2D eigenvalue weighted by Crippen LogP contribution is -1.99. The highest BCUT2D eigenvalue weighted by Crippen LogP contribution is 2.25. The van der Waals surface area contributed by atoms with E-state index in [1.165, 1.54) is 24.8 Å². The second-order valence-electron chi connectivity index (χ2n) is 5.35. The summed E-state index contributed by atoms with van der Waals surface area (Å²) in [6.07, 6.45) is 11.7. The minimum Gasteiger partial charge on any atom is -0.494 e. The largest absolute Gasteiger partial charge is 0.494 e. The molecule has 1 aromatic rings. The van der Waals surface area contributed by atoms with Crippen molar-refractivity contribution >= 4 is 0 Å². The van der Waals surface area contributed by atoms with E-state index in [4.69, 9.17) is 4.74 Å². The zero-order chi connectivity index (χ0) is 14.6. The zero-order valence-electron chi connectivity index (χ0n) is 13.4. The summed E-state index contributed by atoms with van der Waals surface area (Å²) in [5.41, 5.74) is 1.43. The maximum Gasteiger partial charge on any atom is 0.119 e. The monoisotopic (exact) mass is 274 g/mol. The molecule has 1 atom stereocenters. The Bertz CT molecular complexity index is 364. The Kier molecular flexibility index (Phi) is 8.86. The Morgan fingerprint density at radius 2 is 1.75 bits per heavy atom. The van der Waals surface area contributed by atoms with E-state index < -0.39 is 0 Å². The fourth-order valence-corrected chi connectivity index (χ4v) is 2.34. The van der Waals surface area contributed by atoms with Gasteiger partial charge in [0.05, 0.1) is 6.61 Å². The molecule has 0 heterocycles. The van der Waals surface area contributed by atoms with Crippen LogP contribution < -0.4 is 4.74 Å². The van der Waals surface area contributed by atoms with Crippen LogP contribution in [-0.4, -0.2) is 6.61 Å². The van der Waals surface area contributed by atoms with Gasteiger partial charge in [0, 0.05) is 0 Å². The first-order valence-corrected chi connectivity index (χ1v) is 8.19. The van der Waals surface area contributed by atoms with Gasteiger partial charge in [-0.25, -0.2) is 0 Å². The molecule has 0 spiro atoms. The van der Waals surface area contributed by atoms with Gasteiger partial charge in [0.15, 0.2) is 0 Å². The molecule has 0 aliphatic heterocycles. The summed E-state index contributed by atoms with van der Waals surface area (Å²) in [7, 11) is 0. The first kappa shape index (κ1) is 16.8. The fourth-order valence-electron chi connectivity index (χ4n) is 2.34. The van der Waals surface area contributed by atoms with Crippen LogP contribution in [0.5, 0.6) is 5.75 Å². The highest BCUT2D eigenvalue weighted by Gasteiger charge is 2.07. The lowest BCUT2D eigenvalue weighted by atomic mass is 9.93. The van der Waals surface area contributed by atoms with E-state index in [-0.39, 0.29) is 0 Å². The number of benzene rings is 1. The molecule has 0 bridgehead atoms. The smallest absolute Gasteiger partial charge is 0.119 e. The number of hydrogen-bond acceptors (Lipinski definition) is 1. The van der Waals surface area contributed by atoms with Crippen LogP contribution >= 0.6 is 0 Å². The molecule has 1 rings (SSSR count). The van der Waals surface area contributed by atoms with E-state index in [2.05, 4.69) is 57.2 Å². The molecule has 1 heteroatoms. The molecule has 0 saturated carbocycles. The topological polar surface area (TPSA) is 9.23 Å². The van der Waals surface area contributed by atoms with Crippen molar-refractivity contribution in [3.05, 3.63) is 42.0 Å². The van der Waals surface area contributed by atoms with E-state index in [1.54, 1.807) is 0 Å². The van der Waals surface area contributed by atoms with Crippen LogP contribution in [0.15, 0.2) is 36.4 Å². The molecule has 0 aliphatic rings. The van der Waals surface area contributed by atoms with Crippen molar-refractivity contribution in [3.8, 4) is 5.75 Å². The Labute approximate surface area is 125 Å². The number of unbranched alkanes of at least 4 members (excludes halogenated alkanes) is 2. The lowest BCUT2D eigenvalue weighted by molar-refractivity contribution is 0.306. The van der Waals surface area contributed by atoms with E-state index in [0.29, 0.717) is 5.92 Å². The summed E-state index contributed by atoms with van der Waals surface area (Å²) in [6, 6.07) is 8.69. The second kappa shape index (κ2) is 10.5.